The number of thioether (sulfide) groups is 1. The number of nitrogens with zero attached hydrogens (tertiary/aromatic N) is 4. The summed E-state index contributed by atoms with van der Waals surface area (Å²) in [4.78, 5) is 0. The number of aryl methyl sites for hydroxylation is 2. The van der Waals surface area contributed by atoms with Crippen molar-refractivity contribution in [2.24, 2.45) is 0 Å². The van der Waals surface area contributed by atoms with Gasteiger partial charge in [-0.25, -0.2) is 4.68 Å². The molecule has 0 N–H and O–H groups in total. The highest BCUT2D eigenvalue weighted by atomic mass is 32.2. The summed E-state index contributed by atoms with van der Waals surface area (Å²) in [5, 5.41) is 13.1. The Labute approximate surface area is 141 Å². The highest BCUT2D eigenvalue weighted by Crippen LogP contribution is 2.31. The van der Waals surface area contributed by atoms with Gasteiger partial charge in [-0.3, -0.25) is 0 Å². The Morgan fingerprint density at radius 2 is 2.09 bits per heavy atom. The summed E-state index contributed by atoms with van der Waals surface area (Å²) in [6, 6.07) is 6.82. The number of hydrogen-bond acceptors (Lipinski definition) is 5. The van der Waals surface area contributed by atoms with Crippen LogP contribution in [0.2, 0.25) is 0 Å². The molecular formula is C17H24N4OS. The topological polar surface area (TPSA) is 52.8 Å². The van der Waals surface area contributed by atoms with E-state index in [-0.39, 0.29) is 0 Å². The first-order valence-electron chi connectivity index (χ1n) is 8.35. The van der Waals surface area contributed by atoms with E-state index in [1.807, 2.05) is 4.68 Å². The zero-order valence-corrected chi connectivity index (χ0v) is 14.7. The minimum Gasteiger partial charge on any atom is -0.493 e. The second-order valence-corrected chi connectivity index (χ2v) is 7.23. The average molecular weight is 332 g/mol. The molecule has 0 amide bonds. The summed E-state index contributed by atoms with van der Waals surface area (Å²) >= 11 is 1.73. The standard InChI is InChI=1S/C17H24N4OS/c1-13-8-9-14(2)16(12-13)22-10-5-11-23-17-18-19-20-21(17)15-6-3-4-7-15/h8-9,12,15H,3-7,10-11H2,1-2H3. The summed E-state index contributed by atoms with van der Waals surface area (Å²) in [5.41, 5.74) is 2.42. The molecule has 2 aromatic rings. The smallest absolute Gasteiger partial charge is 0.209 e. The number of hydrogen-bond donors (Lipinski definition) is 0. The minimum atomic E-state index is 0.499. The van der Waals surface area contributed by atoms with Crippen LogP contribution in [-0.2, 0) is 0 Å². The van der Waals surface area contributed by atoms with Crippen LogP contribution < -0.4 is 4.74 Å². The number of rotatable bonds is 7. The fraction of sp³-hybridized carbons (Fsp3) is 0.588. The van der Waals surface area contributed by atoms with E-state index >= 15 is 0 Å². The lowest BCUT2D eigenvalue weighted by molar-refractivity contribution is 0.316. The Morgan fingerprint density at radius 3 is 2.91 bits per heavy atom. The van der Waals surface area contributed by atoms with Gasteiger partial charge >= 0.3 is 0 Å². The molecule has 0 spiro atoms. The number of aromatic nitrogens is 4. The van der Waals surface area contributed by atoms with Crippen molar-refractivity contribution in [3.8, 4) is 5.75 Å². The Balaban J connectivity index is 1.43. The first kappa shape index (κ1) is 16.3. The zero-order chi connectivity index (χ0) is 16.1. The first-order chi connectivity index (χ1) is 11.2. The van der Waals surface area contributed by atoms with Crippen LogP contribution in [0.4, 0.5) is 0 Å². The number of benzene rings is 1. The maximum absolute atomic E-state index is 5.90. The normalized spacial score (nSPS) is 15.2. The third kappa shape index (κ3) is 4.25. The summed E-state index contributed by atoms with van der Waals surface area (Å²) < 4.78 is 7.91. The van der Waals surface area contributed by atoms with Crippen LogP contribution >= 0.6 is 11.8 Å². The van der Waals surface area contributed by atoms with E-state index in [4.69, 9.17) is 4.74 Å². The first-order valence-corrected chi connectivity index (χ1v) is 9.33. The van der Waals surface area contributed by atoms with Crippen LogP contribution in [0.3, 0.4) is 0 Å². The van der Waals surface area contributed by atoms with Crippen LogP contribution in [0.25, 0.3) is 0 Å². The van der Waals surface area contributed by atoms with Gasteiger partial charge in [-0.2, -0.15) is 0 Å². The average Bonchev–Trinajstić information content (AvgIpc) is 3.21. The molecule has 0 bridgehead atoms. The van der Waals surface area contributed by atoms with Crippen molar-refractivity contribution < 1.29 is 4.74 Å². The Kier molecular flexibility index (Phi) is 5.54. The molecule has 0 saturated heterocycles. The van der Waals surface area contributed by atoms with E-state index in [0.29, 0.717) is 6.04 Å². The molecular weight excluding hydrogens is 308 g/mol. The fourth-order valence-electron chi connectivity index (χ4n) is 2.93. The summed E-state index contributed by atoms with van der Waals surface area (Å²) in [5.74, 6) is 1.96. The van der Waals surface area contributed by atoms with Gasteiger partial charge in [0, 0.05) is 5.75 Å². The molecule has 124 valence electrons. The second-order valence-electron chi connectivity index (χ2n) is 6.16. The Bertz CT molecular complexity index is 637. The lowest BCUT2D eigenvalue weighted by Gasteiger charge is -2.11. The molecule has 1 aliphatic rings. The quantitative estimate of drug-likeness (QED) is 0.567. The third-order valence-corrected chi connectivity index (χ3v) is 5.27. The van der Waals surface area contributed by atoms with Gasteiger partial charge in [-0.05, 0) is 60.7 Å². The summed E-state index contributed by atoms with van der Waals surface area (Å²) in [7, 11) is 0. The van der Waals surface area contributed by atoms with Crippen molar-refractivity contribution in [2.45, 2.75) is 57.1 Å². The molecule has 1 aromatic heterocycles. The molecule has 1 heterocycles. The van der Waals surface area contributed by atoms with Crippen molar-refractivity contribution >= 4 is 11.8 Å². The monoisotopic (exact) mass is 332 g/mol. The van der Waals surface area contributed by atoms with Gasteiger partial charge in [0.2, 0.25) is 5.16 Å². The fourth-order valence-corrected chi connectivity index (χ4v) is 3.78. The molecule has 23 heavy (non-hydrogen) atoms. The van der Waals surface area contributed by atoms with Crippen LogP contribution in [-0.4, -0.2) is 32.6 Å². The minimum absolute atomic E-state index is 0.499. The van der Waals surface area contributed by atoms with Crippen molar-refractivity contribution in [1.29, 1.82) is 0 Å². The van der Waals surface area contributed by atoms with Crippen LogP contribution in [0, 0.1) is 13.8 Å². The van der Waals surface area contributed by atoms with E-state index in [9.17, 15) is 0 Å². The maximum atomic E-state index is 5.90. The van der Waals surface area contributed by atoms with Crippen molar-refractivity contribution in [3.05, 3.63) is 29.3 Å². The van der Waals surface area contributed by atoms with Gasteiger partial charge in [-0.15, -0.1) is 5.10 Å². The SMILES string of the molecule is Cc1ccc(C)c(OCCCSc2nnnn2C2CCCC2)c1. The van der Waals surface area contributed by atoms with Gasteiger partial charge in [0.15, 0.2) is 0 Å². The lowest BCUT2D eigenvalue weighted by Crippen LogP contribution is -2.08. The van der Waals surface area contributed by atoms with Gasteiger partial charge < -0.3 is 4.74 Å². The predicted molar refractivity (Wildman–Crippen MR) is 92.1 cm³/mol. The van der Waals surface area contributed by atoms with Gasteiger partial charge in [-0.1, -0.05) is 36.7 Å². The molecule has 3 rings (SSSR count). The molecule has 1 fully saturated rings. The molecule has 1 aliphatic carbocycles. The molecule has 6 heteroatoms. The maximum Gasteiger partial charge on any atom is 0.209 e. The van der Waals surface area contributed by atoms with E-state index < -0.39 is 0 Å². The van der Waals surface area contributed by atoms with E-state index in [0.717, 1.165) is 29.7 Å². The highest BCUT2D eigenvalue weighted by Gasteiger charge is 2.21. The van der Waals surface area contributed by atoms with E-state index in [1.165, 1.54) is 36.8 Å². The van der Waals surface area contributed by atoms with Crippen LogP contribution in [0.15, 0.2) is 23.4 Å². The molecule has 0 radical (unpaired) electrons. The van der Waals surface area contributed by atoms with Gasteiger partial charge in [0.25, 0.3) is 0 Å². The molecule has 0 aliphatic heterocycles. The third-order valence-electron chi connectivity index (χ3n) is 4.25. The zero-order valence-electron chi connectivity index (χ0n) is 13.9. The van der Waals surface area contributed by atoms with Crippen molar-refractivity contribution in [3.63, 3.8) is 0 Å². The van der Waals surface area contributed by atoms with Crippen LogP contribution in [0.5, 0.6) is 5.75 Å². The second kappa shape index (κ2) is 7.81. The lowest BCUT2D eigenvalue weighted by atomic mass is 10.1. The van der Waals surface area contributed by atoms with Crippen molar-refractivity contribution in [1.82, 2.24) is 20.2 Å². The van der Waals surface area contributed by atoms with Gasteiger partial charge in [0.05, 0.1) is 12.6 Å². The summed E-state index contributed by atoms with van der Waals surface area (Å²) in [6.45, 7) is 4.90. The molecule has 1 saturated carbocycles. The van der Waals surface area contributed by atoms with E-state index in [2.05, 4.69) is 47.6 Å². The van der Waals surface area contributed by atoms with Crippen molar-refractivity contribution in [2.75, 3.05) is 12.4 Å². The molecule has 1 aromatic carbocycles. The Hall–Kier alpha value is -1.56. The Morgan fingerprint density at radius 1 is 1.26 bits per heavy atom. The summed E-state index contributed by atoms with van der Waals surface area (Å²) in [6.07, 6.45) is 5.97. The highest BCUT2D eigenvalue weighted by molar-refractivity contribution is 7.99. The van der Waals surface area contributed by atoms with E-state index in [1.54, 1.807) is 11.8 Å². The molecule has 5 nitrogen and oxygen atoms in total. The number of tetrazole rings is 1. The van der Waals surface area contributed by atoms with Gasteiger partial charge in [0.1, 0.15) is 5.75 Å². The molecule has 0 unspecified atom stereocenters. The predicted octanol–water partition coefficient (Wildman–Crippen LogP) is 3.97. The molecule has 0 atom stereocenters. The van der Waals surface area contributed by atoms with Crippen LogP contribution in [0.1, 0.15) is 49.3 Å². The number of ether oxygens (including phenoxy) is 1. The largest absolute Gasteiger partial charge is 0.493 e.